The van der Waals surface area contributed by atoms with Crippen LogP contribution in [-0.4, -0.2) is 0 Å². The molecule has 0 N–H and O–H groups in total. The van der Waals surface area contributed by atoms with E-state index in [1.807, 2.05) is 0 Å². The highest BCUT2D eigenvalue weighted by Gasteiger charge is 2.37. The molecule has 0 atom stereocenters. The number of para-hydroxylation sites is 1. The predicted molar refractivity (Wildman–Crippen MR) is 109 cm³/mol. The third kappa shape index (κ3) is 4.87. The molecular formula is C24H14F6O3. The summed E-state index contributed by atoms with van der Waals surface area (Å²) in [5, 5.41) is 0.387. The fourth-order valence-electron chi connectivity index (χ4n) is 3.31. The monoisotopic (exact) mass is 464 g/mol. The lowest BCUT2D eigenvalue weighted by atomic mass is 10.0. The van der Waals surface area contributed by atoms with Gasteiger partial charge in [-0.3, -0.25) is 4.79 Å². The molecule has 0 aliphatic rings. The molecule has 4 aromatic rings. The highest BCUT2D eigenvalue weighted by atomic mass is 19.4. The minimum Gasteiger partial charge on any atom is -0.489 e. The summed E-state index contributed by atoms with van der Waals surface area (Å²) in [4.78, 5) is 12.3. The zero-order valence-electron chi connectivity index (χ0n) is 16.6. The first-order valence-electron chi connectivity index (χ1n) is 9.56. The zero-order valence-corrected chi connectivity index (χ0v) is 16.6. The number of halogens is 6. The van der Waals surface area contributed by atoms with Crippen molar-refractivity contribution in [1.29, 1.82) is 0 Å². The molecule has 3 aromatic carbocycles. The highest BCUT2D eigenvalue weighted by Crippen LogP contribution is 2.37. The van der Waals surface area contributed by atoms with Gasteiger partial charge in [0.2, 0.25) is 0 Å². The summed E-state index contributed by atoms with van der Waals surface area (Å²) in [6.07, 6.45) is -9.65. The molecule has 0 unspecified atom stereocenters. The summed E-state index contributed by atoms with van der Waals surface area (Å²) in [5.41, 5.74) is -2.59. The second-order valence-corrected chi connectivity index (χ2v) is 7.16. The molecule has 0 aliphatic carbocycles. The Labute approximate surface area is 182 Å². The van der Waals surface area contributed by atoms with Crippen LogP contribution in [0.15, 0.2) is 82.0 Å². The molecule has 0 saturated heterocycles. The molecule has 9 heteroatoms. The van der Waals surface area contributed by atoms with Crippen LogP contribution in [0.4, 0.5) is 26.3 Å². The summed E-state index contributed by atoms with van der Waals surface area (Å²) < 4.78 is 89.9. The van der Waals surface area contributed by atoms with Crippen LogP contribution >= 0.6 is 0 Å². The lowest BCUT2D eigenvalue weighted by Gasteiger charge is -2.16. The zero-order chi connectivity index (χ0) is 23.8. The molecule has 0 radical (unpaired) electrons. The van der Waals surface area contributed by atoms with Gasteiger partial charge in [-0.25, -0.2) is 0 Å². The largest absolute Gasteiger partial charge is 0.489 e. The smallest absolute Gasteiger partial charge is 0.416 e. The van der Waals surface area contributed by atoms with Crippen LogP contribution in [0.1, 0.15) is 16.7 Å². The van der Waals surface area contributed by atoms with Gasteiger partial charge in [0.1, 0.15) is 23.7 Å². The number of ether oxygens (including phenoxy) is 1. The number of hydrogen-bond acceptors (Lipinski definition) is 3. The molecule has 0 bridgehead atoms. The molecule has 170 valence electrons. The van der Waals surface area contributed by atoms with E-state index in [1.54, 1.807) is 30.3 Å². The summed E-state index contributed by atoms with van der Waals surface area (Å²) in [6, 6.07) is 15.1. The molecular weight excluding hydrogens is 450 g/mol. The van der Waals surface area contributed by atoms with Gasteiger partial charge < -0.3 is 9.15 Å². The Morgan fingerprint density at radius 3 is 2.27 bits per heavy atom. The Balaban J connectivity index is 1.65. The standard InChI is InChI=1S/C24H14F6O3/c25-23(26,27)16-8-9-19(24(28,29)30)15(10-16)13-32-17-5-3-4-14(11-17)22-12-20(31)18-6-1-2-7-21(18)33-22/h1-12H,13H2. The van der Waals surface area contributed by atoms with Crippen molar-refractivity contribution < 1.29 is 35.5 Å². The van der Waals surface area contributed by atoms with Crippen molar-refractivity contribution in [1.82, 2.24) is 0 Å². The number of benzene rings is 3. The van der Waals surface area contributed by atoms with Crippen LogP contribution in [0.2, 0.25) is 0 Å². The third-order valence-electron chi connectivity index (χ3n) is 4.89. The Morgan fingerprint density at radius 2 is 1.55 bits per heavy atom. The second-order valence-electron chi connectivity index (χ2n) is 7.16. The Kier molecular flexibility index (Phi) is 5.65. The summed E-state index contributed by atoms with van der Waals surface area (Å²) in [7, 11) is 0. The van der Waals surface area contributed by atoms with Gasteiger partial charge in [-0.15, -0.1) is 0 Å². The van der Waals surface area contributed by atoms with Gasteiger partial charge in [-0.1, -0.05) is 24.3 Å². The van der Waals surface area contributed by atoms with Crippen molar-refractivity contribution >= 4 is 11.0 Å². The molecule has 33 heavy (non-hydrogen) atoms. The van der Waals surface area contributed by atoms with E-state index in [0.717, 1.165) is 0 Å². The molecule has 1 aromatic heterocycles. The summed E-state index contributed by atoms with van der Waals surface area (Å²) in [6.45, 7) is -0.746. The fraction of sp³-hybridized carbons (Fsp3) is 0.125. The normalized spacial score (nSPS) is 12.2. The van der Waals surface area contributed by atoms with Crippen molar-refractivity contribution in [2.75, 3.05) is 0 Å². The minimum absolute atomic E-state index is 0.0915. The number of fused-ring (bicyclic) bond motifs is 1. The van der Waals surface area contributed by atoms with E-state index in [2.05, 4.69) is 0 Å². The van der Waals surface area contributed by atoms with E-state index >= 15 is 0 Å². The highest BCUT2D eigenvalue weighted by molar-refractivity contribution is 5.78. The second kappa shape index (κ2) is 8.31. The molecule has 1 heterocycles. The summed E-state index contributed by atoms with van der Waals surface area (Å²) in [5.74, 6) is 0.299. The van der Waals surface area contributed by atoms with E-state index in [4.69, 9.17) is 9.15 Å². The molecule has 0 aliphatic heterocycles. The fourth-order valence-corrected chi connectivity index (χ4v) is 3.31. The van der Waals surface area contributed by atoms with Crippen molar-refractivity contribution in [3.8, 4) is 17.1 Å². The molecule has 0 fully saturated rings. The van der Waals surface area contributed by atoms with Crippen molar-refractivity contribution in [2.45, 2.75) is 19.0 Å². The van der Waals surface area contributed by atoms with Crippen molar-refractivity contribution in [3.63, 3.8) is 0 Å². The number of hydrogen-bond donors (Lipinski definition) is 0. The summed E-state index contributed by atoms with van der Waals surface area (Å²) >= 11 is 0. The van der Waals surface area contributed by atoms with Gasteiger partial charge in [0.05, 0.1) is 16.5 Å². The van der Waals surface area contributed by atoms with Gasteiger partial charge in [0.25, 0.3) is 0 Å². The first-order chi connectivity index (χ1) is 15.5. The van der Waals surface area contributed by atoms with Crippen molar-refractivity contribution in [2.24, 2.45) is 0 Å². The maximum absolute atomic E-state index is 13.3. The minimum atomic E-state index is -4.85. The van der Waals surface area contributed by atoms with E-state index in [9.17, 15) is 31.1 Å². The Hall–Kier alpha value is -3.75. The average molecular weight is 464 g/mol. The lowest BCUT2D eigenvalue weighted by Crippen LogP contribution is -2.14. The van der Waals surface area contributed by atoms with Crippen LogP contribution in [0.3, 0.4) is 0 Å². The maximum atomic E-state index is 13.3. The average Bonchev–Trinajstić information content (AvgIpc) is 2.76. The Bertz CT molecular complexity index is 1370. The Morgan fingerprint density at radius 1 is 0.788 bits per heavy atom. The topological polar surface area (TPSA) is 39.4 Å². The van der Waals surface area contributed by atoms with Gasteiger partial charge in [0, 0.05) is 17.2 Å². The maximum Gasteiger partial charge on any atom is 0.416 e. The van der Waals surface area contributed by atoms with Gasteiger partial charge in [0.15, 0.2) is 5.43 Å². The molecule has 0 saturated carbocycles. The van der Waals surface area contributed by atoms with Crippen molar-refractivity contribution in [3.05, 3.63) is 99.7 Å². The van der Waals surface area contributed by atoms with Crippen LogP contribution in [0.5, 0.6) is 5.75 Å². The number of alkyl halides is 6. The number of rotatable bonds is 4. The van der Waals surface area contributed by atoms with Gasteiger partial charge in [-0.2, -0.15) is 26.3 Å². The predicted octanol–water partition coefficient (Wildman–Crippen LogP) is 7.08. The third-order valence-corrected chi connectivity index (χ3v) is 4.89. The van der Waals surface area contributed by atoms with Gasteiger partial charge >= 0.3 is 12.4 Å². The first-order valence-corrected chi connectivity index (χ1v) is 9.56. The van der Waals surface area contributed by atoms with Gasteiger partial charge in [-0.05, 0) is 42.5 Å². The molecule has 0 amide bonds. The van der Waals surface area contributed by atoms with E-state index in [1.165, 1.54) is 24.3 Å². The quantitative estimate of drug-likeness (QED) is 0.303. The molecule has 4 rings (SSSR count). The van der Waals surface area contributed by atoms with E-state index in [-0.39, 0.29) is 16.9 Å². The van der Waals surface area contributed by atoms with Crippen LogP contribution in [0, 0.1) is 0 Å². The SMILES string of the molecule is O=c1cc(-c2cccc(OCc3cc(C(F)(F)F)ccc3C(F)(F)F)c2)oc2ccccc12. The van der Waals surface area contributed by atoms with Crippen LogP contribution in [-0.2, 0) is 19.0 Å². The molecule has 0 spiro atoms. The first kappa shape index (κ1) is 22.4. The van der Waals surface area contributed by atoms with E-state index < -0.39 is 35.6 Å². The van der Waals surface area contributed by atoms with Crippen LogP contribution < -0.4 is 10.2 Å². The lowest BCUT2D eigenvalue weighted by molar-refractivity contribution is -0.142. The van der Waals surface area contributed by atoms with Crippen LogP contribution in [0.25, 0.3) is 22.3 Å². The molecule has 3 nitrogen and oxygen atoms in total. The van der Waals surface area contributed by atoms with E-state index in [0.29, 0.717) is 34.7 Å².